The van der Waals surface area contributed by atoms with E-state index in [-0.39, 0.29) is 23.1 Å². The average molecular weight is 269 g/mol. The number of rotatable bonds is 2. The second kappa shape index (κ2) is 5.55. The lowest BCUT2D eigenvalue weighted by atomic mass is 9.88. The average Bonchev–Trinajstić information content (AvgIpc) is 2.38. The molecule has 1 aliphatic rings. The first-order chi connectivity index (χ1) is 9.02. The number of methoxy groups -OCH3 is 1. The molecule has 1 amide bonds. The van der Waals surface area contributed by atoms with E-state index in [9.17, 15) is 13.6 Å². The minimum absolute atomic E-state index is 0.00845. The van der Waals surface area contributed by atoms with Crippen LogP contribution in [0.15, 0.2) is 12.1 Å². The van der Waals surface area contributed by atoms with Gasteiger partial charge in [0.25, 0.3) is 0 Å². The number of ether oxygens (including phenoxy) is 1. The first kappa shape index (κ1) is 13.8. The van der Waals surface area contributed by atoms with E-state index in [1.54, 1.807) is 4.90 Å². The molecule has 3 nitrogen and oxygen atoms in total. The molecule has 1 fully saturated rings. The fraction of sp³-hybridized carbons (Fsp3) is 0.500. The number of amides is 1. The normalized spacial score (nSPS) is 16.5. The number of likely N-dealkylation sites (tertiary alicyclic amines) is 1. The van der Waals surface area contributed by atoms with Gasteiger partial charge >= 0.3 is 0 Å². The van der Waals surface area contributed by atoms with Gasteiger partial charge in [0.05, 0.1) is 7.11 Å². The zero-order chi connectivity index (χ0) is 14.0. The molecule has 0 spiro atoms. The van der Waals surface area contributed by atoms with Gasteiger partial charge in [-0.05, 0) is 18.8 Å². The Hall–Kier alpha value is -1.65. The molecule has 0 atom stereocenters. The molecule has 2 rings (SSSR count). The summed E-state index contributed by atoms with van der Waals surface area (Å²) >= 11 is 0. The monoisotopic (exact) mass is 269 g/mol. The van der Waals surface area contributed by atoms with Gasteiger partial charge in [0.1, 0.15) is 17.4 Å². The summed E-state index contributed by atoms with van der Waals surface area (Å²) in [7, 11) is 1.37. The molecular weight excluding hydrogens is 252 g/mol. The third-order valence-electron chi connectivity index (χ3n) is 3.64. The van der Waals surface area contributed by atoms with E-state index in [2.05, 4.69) is 0 Å². The second-order valence-corrected chi connectivity index (χ2v) is 4.79. The number of piperidine rings is 1. The molecule has 0 saturated carbocycles. The maximum absolute atomic E-state index is 13.9. The van der Waals surface area contributed by atoms with Crippen molar-refractivity contribution in [1.29, 1.82) is 0 Å². The third-order valence-corrected chi connectivity index (χ3v) is 3.64. The number of carbonyl (C=O) groups is 1. The van der Waals surface area contributed by atoms with E-state index in [1.807, 2.05) is 0 Å². The number of benzene rings is 1. The summed E-state index contributed by atoms with van der Waals surface area (Å²) in [6.07, 6.45) is 1.17. The summed E-state index contributed by atoms with van der Waals surface area (Å²) in [6, 6.07) is 2.41. The summed E-state index contributed by atoms with van der Waals surface area (Å²) in [4.78, 5) is 12.9. The lowest BCUT2D eigenvalue weighted by Crippen LogP contribution is -2.36. The standard InChI is InChI=1S/C14H17F2NO2/c1-9(18)17-5-3-10(4-6-17)14-12(15)7-11(19-2)8-13(14)16/h7-8,10H,3-6H2,1-2H3. The molecule has 0 N–H and O–H groups in total. The zero-order valence-electron chi connectivity index (χ0n) is 11.1. The number of halogens is 2. The molecule has 1 saturated heterocycles. The summed E-state index contributed by atoms with van der Waals surface area (Å²) < 4.78 is 32.7. The van der Waals surface area contributed by atoms with Crippen molar-refractivity contribution >= 4 is 5.91 Å². The van der Waals surface area contributed by atoms with Crippen molar-refractivity contribution in [3.63, 3.8) is 0 Å². The predicted molar refractivity (Wildman–Crippen MR) is 67.1 cm³/mol. The van der Waals surface area contributed by atoms with E-state index >= 15 is 0 Å². The molecule has 19 heavy (non-hydrogen) atoms. The van der Waals surface area contributed by atoms with E-state index in [1.165, 1.54) is 26.2 Å². The minimum atomic E-state index is -0.571. The molecular formula is C14H17F2NO2. The molecule has 0 radical (unpaired) electrons. The Morgan fingerprint density at radius 1 is 1.26 bits per heavy atom. The van der Waals surface area contributed by atoms with Crippen molar-refractivity contribution in [3.05, 3.63) is 29.3 Å². The molecule has 1 heterocycles. The first-order valence-electron chi connectivity index (χ1n) is 6.31. The van der Waals surface area contributed by atoms with Gasteiger partial charge in [-0.1, -0.05) is 0 Å². The largest absolute Gasteiger partial charge is 0.497 e. The fourth-order valence-electron chi connectivity index (χ4n) is 2.55. The Bertz CT molecular complexity index is 459. The maximum Gasteiger partial charge on any atom is 0.219 e. The van der Waals surface area contributed by atoms with E-state index in [0.717, 1.165) is 0 Å². The van der Waals surface area contributed by atoms with Crippen LogP contribution in [0, 0.1) is 11.6 Å². The quantitative estimate of drug-likeness (QED) is 0.826. The number of hydrogen-bond donors (Lipinski definition) is 0. The van der Waals surface area contributed by atoms with Crippen molar-refractivity contribution in [3.8, 4) is 5.75 Å². The summed E-state index contributed by atoms with van der Waals surface area (Å²) in [5.41, 5.74) is 0.115. The second-order valence-electron chi connectivity index (χ2n) is 4.79. The SMILES string of the molecule is COc1cc(F)c(C2CCN(C(C)=O)CC2)c(F)c1. The van der Waals surface area contributed by atoms with Gasteiger partial charge in [-0.15, -0.1) is 0 Å². The Kier molecular flexibility index (Phi) is 4.02. The van der Waals surface area contributed by atoms with Crippen LogP contribution in [0.1, 0.15) is 31.2 Å². The van der Waals surface area contributed by atoms with Crippen LogP contribution in [0.2, 0.25) is 0 Å². The highest BCUT2D eigenvalue weighted by atomic mass is 19.1. The Morgan fingerprint density at radius 2 is 1.79 bits per heavy atom. The highest BCUT2D eigenvalue weighted by molar-refractivity contribution is 5.73. The van der Waals surface area contributed by atoms with Crippen LogP contribution in [-0.4, -0.2) is 31.0 Å². The molecule has 1 aromatic rings. The number of hydrogen-bond acceptors (Lipinski definition) is 2. The van der Waals surface area contributed by atoms with Crippen LogP contribution in [0.5, 0.6) is 5.75 Å². The lowest BCUT2D eigenvalue weighted by molar-refractivity contribution is -0.129. The Labute approximate surface area is 111 Å². The summed E-state index contributed by atoms with van der Waals surface area (Å²) in [6.45, 7) is 2.60. The van der Waals surface area contributed by atoms with Crippen LogP contribution in [-0.2, 0) is 4.79 Å². The highest BCUT2D eigenvalue weighted by Crippen LogP contribution is 2.33. The van der Waals surface area contributed by atoms with E-state index < -0.39 is 11.6 Å². The van der Waals surface area contributed by atoms with Gasteiger partial charge in [-0.2, -0.15) is 0 Å². The van der Waals surface area contributed by atoms with E-state index in [4.69, 9.17) is 4.74 Å². The van der Waals surface area contributed by atoms with Crippen molar-refractivity contribution in [1.82, 2.24) is 4.90 Å². The van der Waals surface area contributed by atoms with Gasteiger partial charge in [-0.25, -0.2) is 8.78 Å². The molecule has 0 bridgehead atoms. The first-order valence-corrected chi connectivity index (χ1v) is 6.31. The third kappa shape index (κ3) is 2.85. The Balaban J connectivity index is 2.18. The molecule has 0 unspecified atom stereocenters. The van der Waals surface area contributed by atoms with E-state index in [0.29, 0.717) is 25.9 Å². The van der Waals surface area contributed by atoms with Crippen molar-refractivity contribution in [2.45, 2.75) is 25.7 Å². The maximum atomic E-state index is 13.9. The number of nitrogens with zero attached hydrogens (tertiary/aromatic N) is 1. The van der Waals surface area contributed by atoms with Gasteiger partial charge in [0.2, 0.25) is 5.91 Å². The molecule has 1 aromatic carbocycles. The molecule has 104 valence electrons. The van der Waals surface area contributed by atoms with Gasteiger partial charge in [0.15, 0.2) is 0 Å². The predicted octanol–water partition coefficient (Wildman–Crippen LogP) is 2.70. The topological polar surface area (TPSA) is 29.5 Å². The van der Waals surface area contributed by atoms with Crippen LogP contribution in [0.25, 0.3) is 0 Å². The number of carbonyl (C=O) groups excluding carboxylic acids is 1. The van der Waals surface area contributed by atoms with Crippen molar-refractivity contribution in [2.75, 3.05) is 20.2 Å². The minimum Gasteiger partial charge on any atom is -0.497 e. The summed E-state index contributed by atoms with van der Waals surface area (Å²) in [5, 5.41) is 0. The van der Waals surface area contributed by atoms with Crippen molar-refractivity contribution in [2.24, 2.45) is 0 Å². The Morgan fingerprint density at radius 3 is 2.21 bits per heavy atom. The highest BCUT2D eigenvalue weighted by Gasteiger charge is 2.27. The van der Waals surface area contributed by atoms with Crippen molar-refractivity contribution < 1.29 is 18.3 Å². The van der Waals surface area contributed by atoms with Crippen LogP contribution in [0.4, 0.5) is 8.78 Å². The molecule has 5 heteroatoms. The van der Waals surface area contributed by atoms with Gasteiger partial charge < -0.3 is 9.64 Å². The van der Waals surface area contributed by atoms with Crippen LogP contribution in [0.3, 0.4) is 0 Å². The van der Waals surface area contributed by atoms with Gasteiger partial charge in [0, 0.05) is 37.7 Å². The van der Waals surface area contributed by atoms with Gasteiger partial charge in [-0.3, -0.25) is 4.79 Å². The van der Waals surface area contributed by atoms with Crippen LogP contribution >= 0.6 is 0 Å². The smallest absolute Gasteiger partial charge is 0.219 e. The fourth-order valence-corrected chi connectivity index (χ4v) is 2.55. The summed E-state index contributed by atoms with van der Waals surface area (Å²) in [5.74, 6) is -1.13. The zero-order valence-corrected chi connectivity index (χ0v) is 11.1. The molecule has 1 aliphatic heterocycles. The van der Waals surface area contributed by atoms with Crippen LogP contribution < -0.4 is 4.74 Å². The lowest BCUT2D eigenvalue weighted by Gasteiger charge is -2.31. The molecule has 0 aliphatic carbocycles. The molecule has 0 aromatic heterocycles.